The Morgan fingerprint density at radius 2 is 2.22 bits per heavy atom. The minimum Gasteiger partial charge on any atom is -0.366 e. The van der Waals surface area contributed by atoms with Gasteiger partial charge in [-0.1, -0.05) is 5.18 Å². The predicted molar refractivity (Wildman–Crippen MR) is 116 cm³/mol. The summed E-state index contributed by atoms with van der Waals surface area (Å²) in [7, 11) is 1.67. The third-order valence-electron chi connectivity index (χ3n) is 6.53. The van der Waals surface area contributed by atoms with Crippen LogP contribution >= 0.6 is 0 Å². The van der Waals surface area contributed by atoms with Crippen LogP contribution in [0.4, 0.5) is 15.8 Å². The molecule has 4 heterocycles. The SMILES string of the molecule is CN1CC(F)CNC1C(C(=O)Nc1cnccc1N1CCN2C(=O)CC[C@H]2C1)C(N)N=O. The van der Waals surface area contributed by atoms with E-state index in [9.17, 15) is 18.9 Å². The first-order valence-electron chi connectivity index (χ1n) is 10.8. The Morgan fingerprint density at radius 1 is 1.41 bits per heavy atom. The van der Waals surface area contributed by atoms with Gasteiger partial charge in [-0.05, 0) is 19.5 Å². The zero-order valence-electron chi connectivity index (χ0n) is 18.0. The van der Waals surface area contributed by atoms with Crippen molar-refractivity contribution in [1.29, 1.82) is 0 Å². The number of amides is 2. The number of carbonyl (C=O) groups is 2. The number of rotatable bonds is 6. The molecule has 1 aromatic rings. The Kier molecular flexibility index (Phi) is 6.63. The number of nitrogens with two attached hydrogens (primary N) is 1. The molecule has 3 fully saturated rings. The lowest BCUT2D eigenvalue weighted by atomic mass is 9.98. The summed E-state index contributed by atoms with van der Waals surface area (Å²) in [5, 5.41) is 8.69. The Bertz CT molecular complexity index is 873. The van der Waals surface area contributed by atoms with Crippen LogP contribution in [-0.4, -0.2) is 90.9 Å². The van der Waals surface area contributed by atoms with Gasteiger partial charge >= 0.3 is 0 Å². The van der Waals surface area contributed by atoms with E-state index >= 15 is 0 Å². The van der Waals surface area contributed by atoms with Crippen molar-refractivity contribution < 1.29 is 14.0 Å². The van der Waals surface area contributed by atoms with Crippen molar-refractivity contribution in [3.63, 3.8) is 0 Å². The highest BCUT2D eigenvalue weighted by molar-refractivity contribution is 5.96. The van der Waals surface area contributed by atoms with E-state index in [2.05, 4.69) is 25.7 Å². The summed E-state index contributed by atoms with van der Waals surface area (Å²) >= 11 is 0. The monoisotopic (exact) mass is 448 g/mol. The maximum absolute atomic E-state index is 13.7. The van der Waals surface area contributed by atoms with E-state index in [1.54, 1.807) is 24.3 Å². The summed E-state index contributed by atoms with van der Waals surface area (Å²) in [5.41, 5.74) is 7.16. The van der Waals surface area contributed by atoms with E-state index in [0.717, 1.165) is 12.1 Å². The van der Waals surface area contributed by atoms with E-state index in [0.29, 0.717) is 31.7 Å². The lowest BCUT2D eigenvalue weighted by Gasteiger charge is -2.40. The number of anilines is 2. The van der Waals surface area contributed by atoms with Crippen LogP contribution in [-0.2, 0) is 9.59 Å². The van der Waals surface area contributed by atoms with Gasteiger partial charge in [0.1, 0.15) is 12.1 Å². The molecule has 2 amide bonds. The van der Waals surface area contributed by atoms with Crippen LogP contribution in [0, 0.1) is 10.8 Å². The maximum atomic E-state index is 13.7. The number of hydrogen-bond donors (Lipinski definition) is 3. The fourth-order valence-electron chi connectivity index (χ4n) is 4.91. The van der Waals surface area contributed by atoms with E-state index < -0.39 is 30.3 Å². The molecule has 4 rings (SSSR count). The summed E-state index contributed by atoms with van der Waals surface area (Å²) in [4.78, 5) is 46.3. The number of aromatic nitrogens is 1. The van der Waals surface area contributed by atoms with Gasteiger partial charge in [0.05, 0.1) is 23.7 Å². The van der Waals surface area contributed by atoms with Gasteiger partial charge in [0.15, 0.2) is 6.17 Å². The van der Waals surface area contributed by atoms with Gasteiger partial charge in [0.2, 0.25) is 11.8 Å². The van der Waals surface area contributed by atoms with Crippen molar-refractivity contribution in [3.05, 3.63) is 23.4 Å². The Hall–Kier alpha value is -2.70. The molecule has 174 valence electrons. The van der Waals surface area contributed by atoms with E-state index in [1.165, 1.54) is 0 Å². The third kappa shape index (κ3) is 4.43. The van der Waals surface area contributed by atoms with Crippen molar-refractivity contribution in [2.24, 2.45) is 16.8 Å². The van der Waals surface area contributed by atoms with Crippen LogP contribution in [0.25, 0.3) is 0 Å². The molecule has 11 nitrogen and oxygen atoms in total. The normalized spacial score (nSPS) is 28.2. The fourth-order valence-corrected chi connectivity index (χ4v) is 4.91. The second-order valence-corrected chi connectivity index (χ2v) is 8.62. The minimum atomic E-state index is -1.31. The number of halogens is 1. The van der Waals surface area contributed by atoms with Crippen LogP contribution in [0.5, 0.6) is 0 Å². The highest BCUT2D eigenvalue weighted by Gasteiger charge is 2.41. The molecule has 4 N–H and O–H groups in total. The minimum absolute atomic E-state index is 0.0624. The largest absolute Gasteiger partial charge is 0.366 e. The molecular formula is C20H29FN8O3. The second-order valence-electron chi connectivity index (χ2n) is 8.62. The zero-order valence-corrected chi connectivity index (χ0v) is 18.0. The Morgan fingerprint density at radius 3 is 2.97 bits per heavy atom. The number of carbonyl (C=O) groups excluding carboxylic acids is 2. The molecule has 0 saturated carbocycles. The van der Waals surface area contributed by atoms with Gasteiger partial charge in [-0.25, -0.2) is 4.39 Å². The number of nitrogens with one attached hydrogen (secondary N) is 2. The van der Waals surface area contributed by atoms with Crippen LogP contribution in [0.2, 0.25) is 0 Å². The molecule has 0 bridgehead atoms. The molecule has 1 aromatic heterocycles. The highest BCUT2D eigenvalue weighted by atomic mass is 19.1. The first kappa shape index (κ1) is 22.5. The fraction of sp³-hybridized carbons (Fsp3) is 0.650. The summed E-state index contributed by atoms with van der Waals surface area (Å²) in [5.74, 6) is -1.33. The van der Waals surface area contributed by atoms with Crippen molar-refractivity contribution in [3.8, 4) is 0 Å². The number of nitrogens with zero attached hydrogens (tertiary/aromatic N) is 5. The molecule has 3 aliphatic rings. The molecule has 5 atom stereocenters. The molecule has 0 spiro atoms. The first-order chi connectivity index (χ1) is 15.4. The smallest absolute Gasteiger partial charge is 0.234 e. The first-order valence-corrected chi connectivity index (χ1v) is 10.8. The van der Waals surface area contributed by atoms with Gasteiger partial charge in [-0.3, -0.25) is 24.8 Å². The summed E-state index contributed by atoms with van der Waals surface area (Å²) in [6, 6.07) is 1.97. The highest BCUT2D eigenvalue weighted by Crippen LogP contribution is 2.31. The average molecular weight is 449 g/mol. The van der Waals surface area contributed by atoms with Gasteiger partial charge < -0.3 is 20.9 Å². The molecule has 3 aliphatic heterocycles. The summed E-state index contributed by atoms with van der Waals surface area (Å²) in [6.07, 6.45) is 1.56. The van der Waals surface area contributed by atoms with Crippen LogP contribution in [0.1, 0.15) is 12.8 Å². The molecule has 4 unspecified atom stereocenters. The molecule has 32 heavy (non-hydrogen) atoms. The lowest BCUT2D eigenvalue weighted by molar-refractivity contribution is -0.129. The van der Waals surface area contributed by atoms with E-state index in [1.807, 2.05) is 11.0 Å². The number of fused-ring (bicyclic) bond motifs is 1. The number of hydrogen-bond acceptors (Lipinski definition) is 9. The van der Waals surface area contributed by atoms with Crippen molar-refractivity contribution >= 4 is 23.2 Å². The van der Waals surface area contributed by atoms with Crippen LogP contribution in [0.3, 0.4) is 0 Å². The Labute approximate surface area is 185 Å². The number of pyridine rings is 1. The van der Waals surface area contributed by atoms with Gasteiger partial charge in [0, 0.05) is 51.4 Å². The molecule has 12 heteroatoms. The molecule has 3 saturated heterocycles. The van der Waals surface area contributed by atoms with E-state index in [-0.39, 0.29) is 25.0 Å². The van der Waals surface area contributed by atoms with Crippen molar-refractivity contribution in [2.45, 2.75) is 37.4 Å². The molecule has 0 radical (unpaired) electrons. The average Bonchev–Trinajstić information content (AvgIpc) is 3.15. The van der Waals surface area contributed by atoms with E-state index in [4.69, 9.17) is 5.73 Å². The van der Waals surface area contributed by atoms with Gasteiger partial charge in [0.25, 0.3) is 0 Å². The zero-order chi connectivity index (χ0) is 22.8. The van der Waals surface area contributed by atoms with Crippen LogP contribution in [0.15, 0.2) is 23.6 Å². The van der Waals surface area contributed by atoms with Crippen LogP contribution < -0.4 is 21.3 Å². The molecule has 0 aromatic carbocycles. The van der Waals surface area contributed by atoms with Crippen molar-refractivity contribution in [1.82, 2.24) is 20.1 Å². The molecule has 0 aliphatic carbocycles. The van der Waals surface area contributed by atoms with Gasteiger partial charge in [-0.15, -0.1) is 4.91 Å². The maximum Gasteiger partial charge on any atom is 0.234 e. The van der Waals surface area contributed by atoms with Gasteiger partial charge in [-0.2, -0.15) is 0 Å². The number of piperazine rings is 1. The molecular weight excluding hydrogens is 419 g/mol. The Balaban J connectivity index is 1.52. The summed E-state index contributed by atoms with van der Waals surface area (Å²) in [6.45, 7) is 2.12. The number of alkyl halides is 1. The van der Waals surface area contributed by atoms with Crippen molar-refractivity contribution in [2.75, 3.05) is 50.0 Å². The number of nitroso groups, excluding NO2 is 1. The predicted octanol–water partition coefficient (Wildman–Crippen LogP) is -0.302. The topological polar surface area (TPSA) is 136 Å². The second kappa shape index (κ2) is 9.43. The summed E-state index contributed by atoms with van der Waals surface area (Å²) < 4.78 is 13.7. The standard InChI is InChI=1S/C20H29FN8O3/c1-27-10-12(21)8-24-19(27)17(18(22)26-32)20(31)25-14-9-23-5-4-15(14)28-6-7-29-13(11-28)2-3-16(29)30/h4-5,9,12-13,17-19,24H,2-3,6-8,10-11,22H2,1H3,(H,25,31)/t12?,13-,17?,18?,19?/m0/s1. The lowest BCUT2D eigenvalue weighted by Crippen LogP contribution is -2.62. The third-order valence-corrected chi connectivity index (χ3v) is 6.53. The quantitative estimate of drug-likeness (QED) is 0.505.